The highest BCUT2D eigenvalue weighted by molar-refractivity contribution is 6.04. The van der Waals surface area contributed by atoms with Gasteiger partial charge in [0.05, 0.1) is 30.4 Å². The van der Waals surface area contributed by atoms with Crippen LogP contribution >= 0.6 is 0 Å². The van der Waals surface area contributed by atoms with Crippen LogP contribution in [0.1, 0.15) is 42.7 Å². The standard InChI is InChI=1S/C26H38N6O2/c1-20(2)29-21(3)32(13-7-6-12-31-14-16-34-17-15-31)19-22-10-11-25(28-18-22)26(33)30-24-9-5-4-8-23(24)27/h4-5,8-11,18,20,29H,3,6-7,12-17,19,27H2,1-2H3,(H,30,33). The summed E-state index contributed by atoms with van der Waals surface area (Å²) in [5.74, 6) is 0.623. The third-order valence-electron chi connectivity index (χ3n) is 5.73. The first-order valence-electron chi connectivity index (χ1n) is 12.0. The summed E-state index contributed by atoms with van der Waals surface area (Å²) >= 11 is 0. The number of morpholine rings is 1. The minimum absolute atomic E-state index is 0.282. The molecule has 184 valence electrons. The fourth-order valence-corrected chi connectivity index (χ4v) is 3.87. The van der Waals surface area contributed by atoms with E-state index in [4.69, 9.17) is 10.5 Å². The zero-order valence-electron chi connectivity index (χ0n) is 20.4. The molecule has 2 heterocycles. The van der Waals surface area contributed by atoms with E-state index >= 15 is 0 Å². The van der Waals surface area contributed by atoms with Gasteiger partial charge < -0.3 is 26.0 Å². The lowest BCUT2D eigenvalue weighted by Crippen LogP contribution is -2.37. The van der Waals surface area contributed by atoms with Crippen LogP contribution in [0.2, 0.25) is 0 Å². The number of unbranched alkanes of at least 4 members (excludes halogenated alkanes) is 1. The summed E-state index contributed by atoms with van der Waals surface area (Å²) in [6.07, 6.45) is 3.96. The van der Waals surface area contributed by atoms with Crippen molar-refractivity contribution >= 4 is 17.3 Å². The van der Waals surface area contributed by atoms with Gasteiger partial charge in [-0.05, 0) is 57.0 Å². The highest BCUT2D eigenvalue weighted by Crippen LogP contribution is 2.18. The van der Waals surface area contributed by atoms with E-state index in [1.807, 2.05) is 18.2 Å². The monoisotopic (exact) mass is 466 g/mol. The fraction of sp³-hybridized carbons (Fsp3) is 0.462. The second-order valence-electron chi connectivity index (χ2n) is 8.92. The number of aromatic nitrogens is 1. The van der Waals surface area contributed by atoms with Gasteiger partial charge in [0.25, 0.3) is 5.91 Å². The third kappa shape index (κ3) is 8.04. The van der Waals surface area contributed by atoms with Gasteiger partial charge in [0, 0.05) is 38.4 Å². The average molecular weight is 467 g/mol. The van der Waals surface area contributed by atoms with Gasteiger partial charge in [0.15, 0.2) is 0 Å². The first-order chi connectivity index (χ1) is 16.4. The number of nitrogens with one attached hydrogen (secondary N) is 2. The third-order valence-corrected chi connectivity index (χ3v) is 5.73. The molecule has 0 saturated carbocycles. The normalized spacial score (nSPS) is 14.1. The van der Waals surface area contributed by atoms with E-state index < -0.39 is 0 Å². The van der Waals surface area contributed by atoms with Crippen molar-refractivity contribution in [2.24, 2.45) is 0 Å². The summed E-state index contributed by atoms with van der Waals surface area (Å²) < 4.78 is 5.43. The van der Waals surface area contributed by atoms with Gasteiger partial charge >= 0.3 is 0 Å². The SMILES string of the molecule is C=C(NC(C)C)N(CCCCN1CCOCC1)Cc1ccc(C(=O)Nc2ccccc2N)nc1. The van der Waals surface area contributed by atoms with Crippen molar-refractivity contribution in [3.05, 3.63) is 66.3 Å². The Hall–Kier alpha value is -3.10. The zero-order chi connectivity index (χ0) is 24.3. The number of benzene rings is 1. The maximum atomic E-state index is 12.6. The van der Waals surface area contributed by atoms with Crippen molar-refractivity contribution in [3.63, 3.8) is 0 Å². The van der Waals surface area contributed by atoms with Gasteiger partial charge in [0.1, 0.15) is 5.69 Å². The van der Waals surface area contributed by atoms with Crippen LogP contribution in [0, 0.1) is 0 Å². The molecule has 1 saturated heterocycles. The molecular formula is C26H38N6O2. The van der Waals surface area contributed by atoms with Crippen LogP contribution < -0.4 is 16.4 Å². The molecule has 1 aromatic heterocycles. The fourth-order valence-electron chi connectivity index (χ4n) is 3.87. The molecule has 0 bridgehead atoms. The van der Waals surface area contributed by atoms with Crippen molar-refractivity contribution in [1.82, 2.24) is 20.1 Å². The van der Waals surface area contributed by atoms with Gasteiger partial charge in [-0.25, -0.2) is 0 Å². The number of hydrogen-bond acceptors (Lipinski definition) is 7. The van der Waals surface area contributed by atoms with E-state index in [0.29, 0.717) is 29.7 Å². The molecule has 2 aromatic rings. The number of nitrogens with two attached hydrogens (primary N) is 1. The number of nitrogens with zero attached hydrogens (tertiary/aromatic N) is 3. The summed E-state index contributed by atoms with van der Waals surface area (Å²) in [7, 11) is 0. The molecule has 0 radical (unpaired) electrons. The Bertz CT molecular complexity index is 925. The minimum atomic E-state index is -0.282. The van der Waals surface area contributed by atoms with Crippen molar-refractivity contribution < 1.29 is 9.53 Å². The summed E-state index contributed by atoms with van der Waals surface area (Å²) in [5, 5.41) is 6.24. The number of rotatable bonds is 12. The Labute approximate surface area is 203 Å². The summed E-state index contributed by atoms with van der Waals surface area (Å²) in [6.45, 7) is 14.9. The molecule has 4 N–H and O–H groups in total. The number of hydrogen-bond donors (Lipinski definition) is 3. The Morgan fingerprint density at radius 3 is 2.65 bits per heavy atom. The van der Waals surface area contributed by atoms with E-state index in [1.54, 1.807) is 24.4 Å². The first-order valence-corrected chi connectivity index (χ1v) is 12.0. The van der Waals surface area contributed by atoms with Crippen molar-refractivity contribution in [2.45, 2.75) is 39.3 Å². The van der Waals surface area contributed by atoms with Crippen LogP contribution in [0.15, 0.2) is 55.0 Å². The Morgan fingerprint density at radius 1 is 1.21 bits per heavy atom. The molecule has 0 atom stereocenters. The lowest BCUT2D eigenvalue weighted by atomic mass is 10.2. The van der Waals surface area contributed by atoms with Gasteiger partial charge in [-0.1, -0.05) is 24.8 Å². The number of pyridine rings is 1. The smallest absolute Gasteiger partial charge is 0.274 e. The highest BCUT2D eigenvalue weighted by Gasteiger charge is 2.14. The van der Waals surface area contributed by atoms with Crippen LogP contribution in [0.25, 0.3) is 0 Å². The van der Waals surface area contributed by atoms with Crippen LogP contribution in [-0.2, 0) is 11.3 Å². The molecule has 3 rings (SSSR count). The molecule has 1 fully saturated rings. The van der Waals surface area contributed by atoms with E-state index in [9.17, 15) is 4.79 Å². The molecule has 8 nitrogen and oxygen atoms in total. The largest absolute Gasteiger partial charge is 0.397 e. The number of nitrogen functional groups attached to an aromatic ring is 1. The van der Waals surface area contributed by atoms with Crippen LogP contribution in [0.4, 0.5) is 11.4 Å². The maximum Gasteiger partial charge on any atom is 0.274 e. The predicted octanol–water partition coefficient (Wildman–Crippen LogP) is 3.30. The maximum absolute atomic E-state index is 12.6. The molecule has 34 heavy (non-hydrogen) atoms. The Balaban J connectivity index is 1.55. The van der Waals surface area contributed by atoms with Crippen LogP contribution in [0.5, 0.6) is 0 Å². The minimum Gasteiger partial charge on any atom is -0.397 e. The van der Waals surface area contributed by atoms with E-state index in [-0.39, 0.29) is 5.91 Å². The second-order valence-corrected chi connectivity index (χ2v) is 8.92. The molecule has 1 amide bonds. The number of amides is 1. The zero-order valence-corrected chi connectivity index (χ0v) is 20.4. The molecule has 0 unspecified atom stereocenters. The lowest BCUT2D eigenvalue weighted by molar-refractivity contribution is 0.0369. The molecule has 8 heteroatoms. The summed E-state index contributed by atoms with van der Waals surface area (Å²) in [6, 6.07) is 11.2. The molecule has 1 aliphatic heterocycles. The number of carbonyl (C=O) groups excluding carboxylic acids is 1. The van der Waals surface area contributed by atoms with Gasteiger partial charge in [0.2, 0.25) is 0 Å². The quantitative estimate of drug-likeness (QED) is 0.326. The summed E-state index contributed by atoms with van der Waals surface area (Å²) in [5.41, 5.74) is 8.39. The summed E-state index contributed by atoms with van der Waals surface area (Å²) in [4.78, 5) is 21.7. The molecule has 0 aliphatic carbocycles. The Kier molecular flexibility index (Phi) is 9.73. The van der Waals surface area contributed by atoms with Gasteiger partial charge in [-0.15, -0.1) is 0 Å². The van der Waals surface area contributed by atoms with Gasteiger partial charge in [-0.3, -0.25) is 14.7 Å². The average Bonchev–Trinajstić information content (AvgIpc) is 2.83. The predicted molar refractivity (Wildman–Crippen MR) is 137 cm³/mol. The topological polar surface area (TPSA) is 95.8 Å². The van der Waals surface area contributed by atoms with E-state index in [2.05, 4.69) is 45.8 Å². The lowest BCUT2D eigenvalue weighted by Gasteiger charge is -2.30. The van der Waals surface area contributed by atoms with E-state index in [0.717, 1.165) is 63.6 Å². The number of ether oxygens (including phenoxy) is 1. The first kappa shape index (κ1) is 25.5. The van der Waals surface area contributed by atoms with Crippen molar-refractivity contribution in [1.29, 1.82) is 0 Å². The van der Waals surface area contributed by atoms with Crippen molar-refractivity contribution in [2.75, 3.05) is 50.4 Å². The highest BCUT2D eigenvalue weighted by atomic mass is 16.5. The van der Waals surface area contributed by atoms with Crippen LogP contribution in [-0.4, -0.2) is 66.1 Å². The van der Waals surface area contributed by atoms with Crippen molar-refractivity contribution in [3.8, 4) is 0 Å². The van der Waals surface area contributed by atoms with E-state index in [1.165, 1.54) is 0 Å². The number of anilines is 2. The number of para-hydroxylation sites is 2. The molecule has 1 aromatic carbocycles. The molecule has 1 aliphatic rings. The number of carbonyl (C=O) groups is 1. The Morgan fingerprint density at radius 2 is 1.97 bits per heavy atom. The molecular weight excluding hydrogens is 428 g/mol. The van der Waals surface area contributed by atoms with Gasteiger partial charge in [-0.2, -0.15) is 0 Å². The molecule has 0 spiro atoms. The van der Waals surface area contributed by atoms with Crippen LogP contribution in [0.3, 0.4) is 0 Å². The second kappa shape index (κ2) is 13.0.